The van der Waals surface area contributed by atoms with Crippen molar-refractivity contribution in [1.29, 1.82) is 0 Å². The van der Waals surface area contributed by atoms with Gasteiger partial charge in [0.25, 0.3) is 0 Å². The van der Waals surface area contributed by atoms with Gasteiger partial charge in [-0.3, -0.25) is 4.79 Å². The molecule has 0 aromatic heterocycles. The van der Waals surface area contributed by atoms with Crippen molar-refractivity contribution >= 4 is 29.1 Å². The number of thioether (sulfide) groups is 1. The Morgan fingerprint density at radius 2 is 2.20 bits per heavy atom. The highest BCUT2D eigenvalue weighted by Gasteiger charge is 2.29. The van der Waals surface area contributed by atoms with Crippen LogP contribution in [0.3, 0.4) is 0 Å². The van der Waals surface area contributed by atoms with E-state index in [1.807, 2.05) is 24.8 Å². The van der Waals surface area contributed by atoms with E-state index in [1.54, 1.807) is 6.08 Å². The quantitative estimate of drug-likeness (QED) is 0.455. The van der Waals surface area contributed by atoms with E-state index < -0.39 is 0 Å². The van der Waals surface area contributed by atoms with Crippen LogP contribution in [0.15, 0.2) is 34.6 Å². The zero-order chi connectivity index (χ0) is 18.7. The molecule has 0 saturated carbocycles. The Kier molecular flexibility index (Phi) is 11.3. The summed E-state index contributed by atoms with van der Waals surface area (Å²) in [5, 5.41) is 11.0. The first-order valence-corrected chi connectivity index (χ1v) is 10.6. The lowest BCUT2D eigenvalue weighted by Crippen LogP contribution is -2.23. The molecule has 2 unspecified atom stereocenters. The van der Waals surface area contributed by atoms with Crippen LogP contribution in [-0.4, -0.2) is 35.1 Å². The number of aliphatic hydroxyl groups excluding tert-OH is 1. The Bertz CT molecular complexity index is 511. The van der Waals surface area contributed by atoms with Gasteiger partial charge in [0.2, 0.25) is 0 Å². The fraction of sp³-hybridized carbons (Fsp3) is 0.650. The third kappa shape index (κ3) is 8.02. The molecule has 2 atom stereocenters. The van der Waals surface area contributed by atoms with Gasteiger partial charge in [0, 0.05) is 23.6 Å². The summed E-state index contributed by atoms with van der Waals surface area (Å²) in [6.45, 7) is 7.42. The summed E-state index contributed by atoms with van der Waals surface area (Å²) >= 11 is 7.35. The van der Waals surface area contributed by atoms with Gasteiger partial charge in [-0.25, -0.2) is 0 Å². The molecular weight excluding hydrogens is 356 g/mol. The van der Waals surface area contributed by atoms with Crippen LogP contribution < -0.4 is 0 Å². The summed E-state index contributed by atoms with van der Waals surface area (Å²) in [7, 11) is 0. The van der Waals surface area contributed by atoms with Gasteiger partial charge >= 0.3 is 0 Å². The number of hydrogen-bond donors (Lipinski definition) is 1. The highest BCUT2D eigenvalue weighted by molar-refractivity contribution is 7.99. The predicted molar refractivity (Wildman–Crippen MR) is 108 cm³/mol. The Hall–Kier alpha value is -0.710. The van der Waals surface area contributed by atoms with Gasteiger partial charge in [0.15, 0.2) is 5.78 Å². The van der Waals surface area contributed by atoms with Crippen molar-refractivity contribution in [2.75, 3.05) is 19.0 Å². The van der Waals surface area contributed by atoms with E-state index >= 15 is 0 Å². The van der Waals surface area contributed by atoms with E-state index in [1.165, 1.54) is 5.54 Å². The largest absolute Gasteiger partial charge is 0.512 e. The van der Waals surface area contributed by atoms with E-state index in [0.717, 1.165) is 30.6 Å². The molecule has 3 nitrogen and oxygen atoms in total. The van der Waals surface area contributed by atoms with E-state index in [9.17, 15) is 9.90 Å². The minimum absolute atomic E-state index is 0.0848. The second-order valence-corrected chi connectivity index (χ2v) is 8.30. The Morgan fingerprint density at radius 3 is 2.80 bits per heavy atom. The van der Waals surface area contributed by atoms with Gasteiger partial charge in [0.1, 0.15) is 5.76 Å². The van der Waals surface area contributed by atoms with Crippen molar-refractivity contribution in [2.45, 2.75) is 58.1 Å². The van der Waals surface area contributed by atoms with Crippen LogP contribution in [0.2, 0.25) is 0 Å². The molecule has 0 amide bonds. The standard InChI is InChI=1S/C20H31ClO3S/c1-4-17(8-6-10-24-11-7-9-21)20-18(22)13-16(14-19(20)23)12-15(3)25-5-2/h7-9,15-16,22H,4-6,10-14H2,1-3H3/b9-7+,17-8?. The molecular formula is C20H31ClO3S. The fourth-order valence-corrected chi connectivity index (χ4v) is 4.30. The van der Waals surface area contributed by atoms with Crippen LogP contribution in [0.25, 0.3) is 0 Å². The van der Waals surface area contributed by atoms with Crippen molar-refractivity contribution in [3.05, 3.63) is 34.6 Å². The molecule has 0 aliphatic heterocycles. The third-order valence-electron chi connectivity index (χ3n) is 4.30. The molecule has 0 fully saturated rings. The van der Waals surface area contributed by atoms with Crippen molar-refractivity contribution < 1.29 is 14.6 Å². The molecule has 0 aromatic carbocycles. The third-order valence-corrected chi connectivity index (χ3v) is 5.57. The van der Waals surface area contributed by atoms with Gasteiger partial charge < -0.3 is 9.84 Å². The molecule has 1 N–H and O–H groups in total. The number of halogens is 1. The SMILES string of the molecule is CCSC(C)CC1CC(=O)C(C(=CCCOC/C=C/Cl)CC)=C(O)C1. The van der Waals surface area contributed by atoms with Gasteiger partial charge in [-0.15, -0.1) is 0 Å². The van der Waals surface area contributed by atoms with Crippen LogP contribution in [0, 0.1) is 5.92 Å². The van der Waals surface area contributed by atoms with Crippen LogP contribution in [-0.2, 0) is 9.53 Å². The van der Waals surface area contributed by atoms with Crippen LogP contribution in [0.4, 0.5) is 0 Å². The maximum absolute atomic E-state index is 12.6. The van der Waals surface area contributed by atoms with Gasteiger partial charge in [-0.2, -0.15) is 11.8 Å². The van der Waals surface area contributed by atoms with E-state index in [-0.39, 0.29) is 17.5 Å². The smallest absolute Gasteiger partial charge is 0.166 e. The summed E-state index contributed by atoms with van der Waals surface area (Å²) in [4.78, 5) is 12.6. The first-order chi connectivity index (χ1) is 12.0. The lowest BCUT2D eigenvalue weighted by molar-refractivity contribution is -0.117. The van der Waals surface area contributed by atoms with E-state index in [2.05, 4.69) is 13.8 Å². The Morgan fingerprint density at radius 1 is 1.44 bits per heavy atom. The lowest BCUT2D eigenvalue weighted by atomic mass is 9.81. The van der Waals surface area contributed by atoms with Crippen molar-refractivity contribution in [2.24, 2.45) is 5.92 Å². The second kappa shape index (κ2) is 12.6. The number of ketones is 1. The number of carbonyl (C=O) groups excluding carboxylic acids is 1. The molecule has 0 bridgehead atoms. The van der Waals surface area contributed by atoms with Crippen LogP contribution >= 0.6 is 23.4 Å². The van der Waals surface area contributed by atoms with Crippen LogP contribution in [0.5, 0.6) is 0 Å². The highest BCUT2D eigenvalue weighted by atomic mass is 35.5. The lowest BCUT2D eigenvalue weighted by Gasteiger charge is -2.26. The molecule has 1 aliphatic rings. The Labute approximate surface area is 161 Å². The molecule has 5 heteroatoms. The molecule has 0 radical (unpaired) electrons. The number of aliphatic hydroxyl groups is 1. The molecule has 1 aliphatic carbocycles. The number of carbonyl (C=O) groups is 1. The predicted octanol–water partition coefficient (Wildman–Crippen LogP) is 5.80. The highest BCUT2D eigenvalue weighted by Crippen LogP contribution is 2.35. The number of hydrogen-bond acceptors (Lipinski definition) is 4. The average Bonchev–Trinajstić information content (AvgIpc) is 2.55. The molecule has 0 aromatic rings. The van der Waals surface area contributed by atoms with Gasteiger partial charge in [-0.05, 0) is 42.6 Å². The summed E-state index contributed by atoms with van der Waals surface area (Å²) in [6.07, 6.45) is 7.35. The molecule has 0 heterocycles. The minimum atomic E-state index is 0.0848. The fourth-order valence-electron chi connectivity index (χ4n) is 3.25. The average molecular weight is 387 g/mol. The topological polar surface area (TPSA) is 46.5 Å². The van der Waals surface area contributed by atoms with Crippen LogP contribution in [0.1, 0.15) is 52.9 Å². The number of rotatable bonds is 11. The molecule has 0 spiro atoms. The maximum atomic E-state index is 12.6. The normalized spacial score (nSPS) is 20.6. The first-order valence-electron chi connectivity index (χ1n) is 9.12. The van der Waals surface area contributed by atoms with E-state index in [0.29, 0.717) is 36.9 Å². The van der Waals surface area contributed by atoms with E-state index in [4.69, 9.17) is 16.3 Å². The second-order valence-electron chi connectivity index (χ2n) is 6.33. The zero-order valence-electron chi connectivity index (χ0n) is 15.6. The summed E-state index contributed by atoms with van der Waals surface area (Å²) in [6, 6.07) is 0. The maximum Gasteiger partial charge on any atom is 0.166 e. The van der Waals surface area contributed by atoms with Crippen molar-refractivity contribution in [3.63, 3.8) is 0 Å². The van der Waals surface area contributed by atoms with Gasteiger partial charge in [-0.1, -0.05) is 38.4 Å². The number of allylic oxidation sites excluding steroid dienone is 3. The summed E-state index contributed by atoms with van der Waals surface area (Å²) in [5.41, 5.74) is 2.93. The van der Waals surface area contributed by atoms with Gasteiger partial charge in [0.05, 0.1) is 18.8 Å². The molecule has 142 valence electrons. The zero-order valence-corrected chi connectivity index (χ0v) is 17.2. The Balaban J connectivity index is 2.68. The minimum Gasteiger partial charge on any atom is -0.512 e. The van der Waals surface area contributed by atoms with Crippen molar-refractivity contribution in [1.82, 2.24) is 0 Å². The number of ether oxygens (including phenoxy) is 1. The number of Topliss-reactive ketones (excluding diaryl/α,β-unsaturated/α-hetero) is 1. The first kappa shape index (κ1) is 22.3. The molecule has 1 rings (SSSR count). The van der Waals surface area contributed by atoms with Crippen molar-refractivity contribution in [3.8, 4) is 0 Å². The summed E-state index contributed by atoms with van der Waals surface area (Å²) in [5.74, 6) is 1.70. The molecule has 0 saturated heterocycles. The molecule has 25 heavy (non-hydrogen) atoms. The monoisotopic (exact) mass is 386 g/mol. The summed E-state index contributed by atoms with van der Waals surface area (Å²) < 4.78 is 5.41.